The van der Waals surface area contributed by atoms with Crippen LogP contribution in [-0.4, -0.2) is 15.2 Å². The second-order valence-corrected chi connectivity index (χ2v) is 3.13. The number of H-pyrrole nitrogens is 2. The third-order valence-corrected chi connectivity index (χ3v) is 2.23. The molecular formula is C6H4IN3O. The second kappa shape index (κ2) is 2.33. The fourth-order valence-electron chi connectivity index (χ4n) is 0.945. The summed E-state index contributed by atoms with van der Waals surface area (Å²) in [5.41, 5.74) is 0.649. The molecule has 0 fully saturated rings. The molecule has 2 rings (SSSR count). The first kappa shape index (κ1) is 6.84. The van der Waals surface area contributed by atoms with Crippen molar-refractivity contribution in [3.63, 3.8) is 0 Å². The minimum Gasteiger partial charge on any atom is -0.359 e. The lowest BCUT2D eigenvalue weighted by Gasteiger charge is -1.89. The highest BCUT2D eigenvalue weighted by atomic mass is 127. The molecule has 0 saturated heterocycles. The maximum atomic E-state index is 11.1. The minimum atomic E-state index is -0.151. The van der Waals surface area contributed by atoms with Crippen LogP contribution in [0.1, 0.15) is 0 Å². The van der Waals surface area contributed by atoms with Gasteiger partial charge in [0, 0.05) is 6.20 Å². The Kier molecular flexibility index (Phi) is 1.45. The second-order valence-electron chi connectivity index (χ2n) is 2.11. The van der Waals surface area contributed by atoms with Gasteiger partial charge in [0.2, 0.25) is 0 Å². The summed E-state index contributed by atoms with van der Waals surface area (Å²) in [7, 11) is 0. The van der Waals surface area contributed by atoms with Gasteiger partial charge in [0.25, 0.3) is 5.56 Å². The molecule has 0 unspecified atom stereocenters. The first-order valence-electron chi connectivity index (χ1n) is 3.00. The van der Waals surface area contributed by atoms with Crippen molar-refractivity contribution in [1.82, 2.24) is 15.2 Å². The van der Waals surface area contributed by atoms with Gasteiger partial charge in [-0.3, -0.25) is 4.79 Å². The molecule has 2 N–H and O–H groups in total. The first-order chi connectivity index (χ1) is 5.29. The molecule has 0 spiro atoms. The summed E-state index contributed by atoms with van der Waals surface area (Å²) >= 11 is 2.06. The minimum absolute atomic E-state index is 0.151. The zero-order valence-corrected chi connectivity index (χ0v) is 7.55. The van der Waals surface area contributed by atoms with Crippen LogP contribution in [0.15, 0.2) is 17.1 Å². The number of rotatable bonds is 0. The van der Waals surface area contributed by atoms with Crippen LogP contribution >= 0.6 is 22.6 Å². The van der Waals surface area contributed by atoms with Crippen molar-refractivity contribution < 1.29 is 0 Å². The van der Waals surface area contributed by atoms with Gasteiger partial charge in [-0.15, -0.1) is 0 Å². The van der Waals surface area contributed by atoms with E-state index in [0.29, 0.717) is 5.39 Å². The fourth-order valence-corrected chi connectivity index (χ4v) is 1.51. The highest BCUT2D eigenvalue weighted by molar-refractivity contribution is 14.1. The number of halogens is 1. The molecule has 0 aromatic carbocycles. The van der Waals surface area contributed by atoms with Crippen LogP contribution in [0, 0.1) is 3.70 Å². The third-order valence-electron chi connectivity index (χ3n) is 1.45. The van der Waals surface area contributed by atoms with E-state index in [0.717, 1.165) is 9.22 Å². The molecule has 0 aliphatic rings. The zero-order chi connectivity index (χ0) is 7.84. The molecule has 56 valence electrons. The Morgan fingerprint density at radius 1 is 1.55 bits per heavy atom. The van der Waals surface area contributed by atoms with Gasteiger partial charge in [-0.05, 0) is 28.7 Å². The van der Waals surface area contributed by atoms with Gasteiger partial charge < -0.3 is 4.98 Å². The lowest BCUT2D eigenvalue weighted by Crippen LogP contribution is -2.08. The monoisotopic (exact) mass is 261 g/mol. The van der Waals surface area contributed by atoms with Crippen LogP contribution in [0.5, 0.6) is 0 Å². The van der Waals surface area contributed by atoms with Crippen molar-refractivity contribution >= 4 is 33.5 Å². The van der Waals surface area contributed by atoms with Crippen LogP contribution in [0.4, 0.5) is 0 Å². The normalized spacial score (nSPS) is 10.6. The molecule has 2 aromatic rings. The maximum Gasteiger partial charge on any atom is 0.273 e. The van der Waals surface area contributed by atoms with Gasteiger partial charge in [0.15, 0.2) is 0 Å². The molecule has 11 heavy (non-hydrogen) atoms. The number of hydrogen-bond acceptors (Lipinski definition) is 2. The number of aromatic nitrogens is 3. The zero-order valence-electron chi connectivity index (χ0n) is 5.39. The number of fused-ring (bicyclic) bond motifs is 1. The van der Waals surface area contributed by atoms with Gasteiger partial charge in [0.05, 0.1) is 10.9 Å². The molecule has 4 nitrogen and oxygen atoms in total. The molecule has 0 bridgehead atoms. The van der Waals surface area contributed by atoms with Gasteiger partial charge in [0.1, 0.15) is 3.70 Å². The first-order valence-corrected chi connectivity index (χ1v) is 4.08. The molecule has 0 atom stereocenters. The van der Waals surface area contributed by atoms with Crippen molar-refractivity contribution in [1.29, 1.82) is 0 Å². The summed E-state index contributed by atoms with van der Waals surface area (Å²) in [6.45, 7) is 0. The quantitative estimate of drug-likeness (QED) is 0.691. The standard InChI is InChI=1S/C6H4IN3O/c7-5-4-3(1-2-8-4)6(11)10-9-5/h1-2,8H,(H,10,11). The number of aromatic amines is 2. The molecule has 2 heterocycles. The topological polar surface area (TPSA) is 61.5 Å². The summed E-state index contributed by atoms with van der Waals surface area (Å²) in [5, 5.41) is 6.85. The number of nitrogens with one attached hydrogen (secondary N) is 2. The van der Waals surface area contributed by atoms with Crippen LogP contribution < -0.4 is 5.56 Å². The lowest BCUT2D eigenvalue weighted by molar-refractivity contribution is 0.985. The summed E-state index contributed by atoms with van der Waals surface area (Å²) in [5.74, 6) is 0. The molecule has 0 amide bonds. The van der Waals surface area contributed by atoms with Crippen molar-refractivity contribution in [3.8, 4) is 0 Å². The maximum absolute atomic E-state index is 11.1. The van der Waals surface area contributed by atoms with E-state index in [1.165, 1.54) is 0 Å². The summed E-state index contributed by atoms with van der Waals surface area (Å²) in [6.07, 6.45) is 1.73. The van der Waals surface area contributed by atoms with E-state index in [1.807, 2.05) is 0 Å². The number of nitrogens with zero attached hydrogens (tertiary/aromatic N) is 1. The van der Waals surface area contributed by atoms with E-state index >= 15 is 0 Å². The Balaban J connectivity index is 3.08. The van der Waals surface area contributed by atoms with E-state index in [4.69, 9.17) is 0 Å². The van der Waals surface area contributed by atoms with Gasteiger partial charge in [-0.2, -0.15) is 5.10 Å². The van der Waals surface area contributed by atoms with E-state index in [9.17, 15) is 4.79 Å². The van der Waals surface area contributed by atoms with Crippen molar-refractivity contribution in [3.05, 3.63) is 26.3 Å². The average molecular weight is 261 g/mol. The van der Waals surface area contributed by atoms with E-state index in [-0.39, 0.29) is 5.56 Å². The summed E-state index contributed by atoms with van der Waals surface area (Å²) in [4.78, 5) is 14.0. The molecule has 2 aromatic heterocycles. The van der Waals surface area contributed by atoms with Crippen molar-refractivity contribution in [2.24, 2.45) is 0 Å². The Bertz CT molecular complexity index is 444. The van der Waals surface area contributed by atoms with E-state index in [2.05, 4.69) is 37.8 Å². The SMILES string of the molecule is O=c1[nH]nc(I)c2[nH]ccc12. The van der Waals surface area contributed by atoms with Crippen molar-refractivity contribution in [2.45, 2.75) is 0 Å². The smallest absolute Gasteiger partial charge is 0.273 e. The predicted octanol–water partition coefficient (Wildman–Crippen LogP) is 0.856. The van der Waals surface area contributed by atoms with Crippen LogP contribution in [0.2, 0.25) is 0 Å². The molecule has 0 radical (unpaired) electrons. The Hall–Kier alpha value is -0.850. The predicted molar refractivity (Wildman–Crippen MR) is 49.4 cm³/mol. The van der Waals surface area contributed by atoms with Gasteiger partial charge in [-0.25, -0.2) is 5.10 Å². The van der Waals surface area contributed by atoms with Crippen molar-refractivity contribution in [2.75, 3.05) is 0 Å². The highest BCUT2D eigenvalue weighted by Crippen LogP contribution is 2.10. The Morgan fingerprint density at radius 3 is 3.09 bits per heavy atom. The average Bonchev–Trinajstić information content (AvgIpc) is 2.45. The van der Waals surface area contributed by atoms with E-state index < -0.39 is 0 Å². The van der Waals surface area contributed by atoms with Gasteiger partial charge >= 0.3 is 0 Å². The fraction of sp³-hybridized carbons (Fsp3) is 0. The van der Waals surface area contributed by atoms with Crippen LogP contribution in [0.25, 0.3) is 10.9 Å². The largest absolute Gasteiger partial charge is 0.359 e. The summed E-state index contributed by atoms with van der Waals surface area (Å²) in [6, 6.07) is 1.73. The molecule has 0 aliphatic heterocycles. The number of hydrogen-bond donors (Lipinski definition) is 2. The van der Waals surface area contributed by atoms with Crippen LogP contribution in [0.3, 0.4) is 0 Å². The molecule has 0 saturated carbocycles. The Labute approximate surface area is 75.2 Å². The molecular weight excluding hydrogens is 257 g/mol. The lowest BCUT2D eigenvalue weighted by atomic mass is 10.4. The van der Waals surface area contributed by atoms with Gasteiger partial charge in [-0.1, -0.05) is 0 Å². The van der Waals surface area contributed by atoms with E-state index in [1.54, 1.807) is 12.3 Å². The summed E-state index contributed by atoms with van der Waals surface area (Å²) < 4.78 is 0.780. The highest BCUT2D eigenvalue weighted by Gasteiger charge is 2.02. The molecule has 0 aliphatic carbocycles. The third kappa shape index (κ3) is 0.953. The Morgan fingerprint density at radius 2 is 2.36 bits per heavy atom. The molecule has 5 heteroatoms. The van der Waals surface area contributed by atoms with Crippen LogP contribution in [-0.2, 0) is 0 Å².